The van der Waals surface area contributed by atoms with E-state index < -0.39 is 0 Å². The molecule has 2 heteroatoms. The molecule has 0 saturated heterocycles. The van der Waals surface area contributed by atoms with Crippen molar-refractivity contribution in [2.24, 2.45) is 0 Å². The first-order chi connectivity index (χ1) is 5.27. The molecular formula is C9H11BrO. The number of aryl methyl sites for hydroxylation is 1. The Morgan fingerprint density at radius 3 is 2.64 bits per heavy atom. The maximum atomic E-state index is 8.85. The van der Waals surface area contributed by atoms with Crippen molar-refractivity contribution >= 4 is 15.9 Å². The minimum atomic E-state index is 0.102. The van der Waals surface area contributed by atoms with Crippen LogP contribution in [0.3, 0.4) is 0 Å². The molecule has 1 aromatic carbocycles. The zero-order valence-corrected chi connectivity index (χ0v) is 8.06. The molecule has 1 aromatic rings. The Balaban J connectivity index is 2.99. The number of benzene rings is 1. The molecule has 0 spiro atoms. The van der Waals surface area contributed by atoms with Crippen LogP contribution in [0.4, 0.5) is 0 Å². The van der Waals surface area contributed by atoms with Gasteiger partial charge >= 0.3 is 0 Å². The molecule has 1 N–H and O–H groups in total. The molecule has 0 saturated carbocycles. The van der Waals surface area contributed by atoms with Crippen molar-refractivity contribution in [1.29, 1.82) is 0 Å². The smallest absolute Gasteiger partial charge is 0.0692 e. The third-order valence-corrected chi connectivity index (χ3v) is 2.43. The van der Waals surface area contributed by atoms with Crippen LogP contribution in [0.1, 0.15) is 18.1 Å². The molecule has 0 radical (unpaired) electrons. The first kappa shape index (κ1) is 8.75. The van der Waals surface area contributed by atoms with E-state index >= 15 is 0 Å². The Kier molecular flexibility index (Phi) is 3.09. The summed E-state index contributed by atoms with van der Waals surface area (Å²) in [7, 11) is 0. The highest BCUT2D eigenvalue weighted by atomic mass is 79.9. The number of hydrogen-bond acceptors (Lipinski definition) is 1. The monoisotopic (exact) mass is 214 g/mol. The molecule has 0 heterocycles. The second kappa shape index (κ2) is 3.88. The molecule has 0 amide bonds. The molecule has 0 aromatic heterocycles. The predicted molar refractivity (Wildman–Crippen MR) is 49.4 cm³/mol. The fourth-order valence-corrected chi connectivity index (χ4v) is 1.49. The van der Waals surface area contributed by atoms with Gasteiger partial charge in [0.15, 0.2) is 0 Å². The van der Waals surface area contributed by atoms with Crippen molar-refractivity contribution < 1.29 is 5.11 Å². The van der Waals surface area contributed by atoms with E-state index in [9.17, 15) is 0 Å². The minimum Gasteiger partial charge on any atom is -0.392 e. The van der Waals surface area contributed by atoms with Crippen LogP contribution < -0.4 is 0 Å². The highest BCUT2D eigenvalue weighted by molar-refractivity contribution is 9.10. The van der Waals surface area contributed by atoms with Gasteiger partial charge in [0.1, 0.15) is 0 Å². The van der Waals surface area contributed by atoms with Gasteiger partial charge in [-0.15, -0.1) is 0 Å². The summed E-state index contributed by atoms with van der Waals surface area (Å²) in [4.78, 5) is 0. The van der Waals surface area contributed by atoms with E-state index in [-0.39, 0.29) is 6.61 Å². The topological polar surface area (TPSA) is 20.2 Å². The lowest BCUT2D eigenvalue weighted by molar-refractivity contribution is 0.281. The fourth-order valence-electron chi connectivity index (χ4n) is 0.939. The normalized spacial score (nSPS) is 10.1. The predicted octanol–water partition coefficient (Wildman–Crippen LogP) is 2.50. The lowest BCUT2D eigenvalue weighted by Gasteiger charge is -2.02. The molecule has 11 heavy (non-hydrogen) atoms. The average Bonchev–Trinajstić information content (AvgIpc) is 2.04. The van der Waals surface area contributed by atoms with Gasteiger partial charge in [-0.05, 0) is 23.6 Å². The van der Waals surface area contributed by atoms with Gasteiger partial charge in [-0.1, -0.05) is 35.0 Å². The van der Waals surface area contributed by atoms with Crippen LogP contribution in [0.15, 0.2) is 22.7 Å². The molecule has 1 nitrogen and oxygen atoms in total. The average molecular weight is 215 g/mol. The highest BCUT2D eigenvalue weighted by Gasteiger charge is 1.97. The summed E-state index contributed by atoms with van der Waals surface area (Å²) in [5.41, 5.74) is 2.23. The van der Waals surface area contributed by atoms with E-state index in [1.807, 2.05) is 18.2 Å². The van der Waals surface area contributed by atoms with Crippen LogP contribution >= 0.6 is 15.9 Å². The lowest BCUT2D eigenvalue weighted by atomic mass is 10.1. The highest BCUT2D eigenvalue weighted by Crippen LogP contribution is 2.18. The quantitative estimate of drug-likeness (QED) is 0.803. The summed E-state index contributed by atoms with van der Waals surface area (Å²) in [5, 5.41) is 8.85. The van der Waals surface area contributed by atoms with Crippen LogP contribution in [0.5, 0.6) is 0 Å². The molecule has 0 aliphatic rings. The van der Waals surface area contributed by atoms with Gasteiger partial charge in [-0.3, -0.25) is 0 Å². The first-order valence-electron chi connectivity index (χ1n) is 3.66. The summed E-state index contributed by atoms with van der Waals surface area (Å²) < 4.78 is 0.999. The van der Waals surface area contributed by atoms with Gasteiger partial charge in [-0.2, -0.15) is 0 Å². The van der Waals surface area contributed by atoms with E-state index in [2.05, 4.69) is 22.9 Å². The van der Waals surface area contributed by atoms with E-state index in [1.165, 1.54) is 5.56 Å². The lowest BCUT2D eigenvalue weighted by Crippen LogP contribution is -1.87. The van der Waals surface area contributed by atoms with Gasteiger partial charge in [-0.25, -0.2) is 0 Å². The Morgan fingerprint density at radius 1 is 1.45 bits per heavy atom. The van der Waals surface area contributed by atoms with Gasteiger partial charge in [0, 0.05) is 4.47 Å². The molecule has 1 rings (SSSR count). The fraction of sp³-hybridized carbons (Fsp3) is 0.333. The Morgan fingerprint density at radius 2 is 2.18 bits per heavy atom. The van der Waals surface area contributed by atoms with Crippen molar-refractivity contribution in [3.05, 3.63) is 33.8 Å². The van der Waals surface area contributed by atoms with Crippen molar-refractivity contribution in [3.63, 3.8) is 0 Å². The Labute approximate surface area is 75.2 Å². The third kappa shape index (κ3) is 2.04. The maximum Gasteiger partial charge on any atom is 0.0692 e. The largest absolute Gasteiger partial charge is 0.392 e. The molecule has 0 unspecified atom stereocenters. The van der Waals surface area contributed by atoms with E-state index in [0.29, 0.717) is 0 Å². The second-order valence-electron chi connectivity index (χ2n) is 2.44. The van der Waals surface area contributed by atoms with Gasteiger partial charge in [0.2, 0.25) is 0 Å². The van der Waals surface area contributed by atoms with E-state index in [1.54, 1.807) is 0 Å². The van der Waals surface area contributed by atoms with Crippen LogP contribution in [-0.4, -0.2) is 5.11 Å². The van der Waals surface area contributed by atoms with Crippen molar-refractivity contribution in [3.8, 4) is 0 Å². The number of halogens is 1. The number of aliphatic hydroxyl groups is 1. The molecule has 0 fully saturated rings. The van der Waals surface area contributed by atoms with Crippen molar-refractivity contribution in [1.82, 2.24) is 0 Å². The molecule has 0 aliphatic carbocycles. The Hall–Kier alpha value is -0.340. The zero-order valence-electron chi connectivity index (χ0n) is 6.47. The second-order valence-corrected chi connectivity index (χ2v) is 3.29. The zero-order chi connectivity index (χ0) is 8.27. The van der Waals surface area contributed by atoms with E-state index in [4.69, 9.17) is 5.11 Å². The summed E-state index contributed by atoms with van der Waals surface area (Å²) in [6, 6.07) is 6.03. The van der Waals surface area contributed by atoms with Crippen LogP contribution in [0, 0.1) is 0 Å². The van der Waals surface area contributed by atoms with Gasteiger partial charge in [0.05, 0.1) is 6.61 Å². The minimum absolute atomic E-state index is 0.102. The standard InChI is InChI=1S/C9H11BrO/c1-2-7-3-4-8(6-11)9(10)5-7/h3-5,11H,2,6H2,1H3. The SMILES string of the molecule is CCc1ccc(CO)c(Br)c1. The molecule has 60 valence electrons. The summed E-state index contributed by atoms with van der Waals surface area (Å²) in [6.07, 6.45) is 1.03. The van der Waals surface area contributed by atoms with Crippen molar-refractivity contribution in [2.75, 3.05) is 0 Å². The van der Waals surface area contributed by atoms with Crippen molar-refractivity contribution in [2.45, 2.75) is 20.0 Å². The van der Waals surface area contributed by atoms with Gasteiger partial charge in [0.25, 0.3) is 0 Å². The number of aliphatic hydroxyl groups excluding tert-OH is 1. The molecule has 0 bridgehead atoms. The van der Waals surface area contributed by atoms with Gasteiger partial charge < -0.3 is 5.11 Å². The molecular weight excluding hydrogens is 204 g/mol. The first-order valence-corrected chi connectivity index (χ1v) is 4.45. The number of hydrogen-bond donors (Lipinski definition) is 1. The van der Waals surface area contributed by atoms with Crippen LogP contribution in [-0.2, 0) is 13.0 Å². The molecule has 0 atom stereocenters. The van der Waals surface area contributed by atoms with E-state index in [0.717, 1.165) is 16.5 Å². The number of rotatable bonds is 2. The van der Waals surface area contributed by atoms with Crippen LogP contribution in [0.25, 0.3) is 0 Å². The third-order valence-electron chi connectivity index (χ3n) is 1.70. The Bertz CT molecular complexity index is 245. The summed E-state index contributed by atoms with van der Waals surface area (Å²) in [6.45, 7) is 2.21. The summed E-state index contributed by atoms with van der Waals surface area (Å²) in [5.74, 6) is 0. The van der Waals surface area contributed by atoms with Crippen LogP contribution in [0.2, 0.25) is 0 Å². The summed E-state index contributed by atoms with van der Waals surface area (Å²) >= 11 is 3.39. The molecule has 0 aliphatic heterocycles. The maximum absolute atomic E-state index is 8.85.